The van der Waals surface area contributed by atoms with E-state index in [1.54, 1.807) is 25.1 Å². The number of hydrogen-bond donors (Lipinski definition) is 3. The van der Waals surface area contributed by atoms with Crippen LogP contribution < -0.4 is 25.0 Å². The Kier molecular flexibility index (Phi) is 13.7. The van der Waals surface area contributed by atoms with Gasteiger partial charge in [0.25, 0.3) is 0 Å². The van der Waals surface area contributed by atoms with Gasteiger partial charge in [0.05, 0.1) is 33.2 Å². The molecule has 366 valence electrons. The van der Waals surface area contributed by atoms with E-state index in [2.05, 4.69) is 37.7 Å². The van der Waals surface area contributed by atoms with Crippen LogP contribution in [-0.4, -0.2) is 102 Å². The highest BCUT2D eigenvalue weighted by molar-refractivity contribution is 5.87. The number of nitrogens with zero attached hydrogens (tertiary/aromatic N) is 5. The lowest BCUT2D eigenvalue weighted by Gasteiger charge is -2.37. The van der Waals surface area contributed by atoms with Crippen LogP contribution in [0.4, 0.5) is 10.6 Å². The highest BCUT2D eigenvalue weighted by atomic mass is 16.6. The van der Waals surface area contributed by atoms with Gasteiger partial charge in [0.2, 0.25) is 5.91 Å². The maximum atomic E-state index is 15.0. The highest BCUT2D eigenvalue weighted by Gasteiger charge is 2.49. The molecule has 5 atom stereocenters. The third-order valence-corrected chi connectivity index (χ3v) is 13.6. The molecule has 0 saturated carbocycles. The standard InChI is InChI=1S/C57H55N7O8/c1-63(2)52-50-53(59-34-58-52)64(35-60-50)55-51(65)49(48(72-55)33-71-57(37-17-9-6-10-18-37,38-23-27-40(68-3)28-24-38)39-25-29-41(69-4)30-26-39)62-54(66)47(31-36-15-7-5-8-16-36)61-56(67)70-32-46-44-21-13-11-19-42(44)43-20-12-14-22-45(43)46/h5-30,34-35,46-49,51,55,65H,31-33H2,1-4H3,(H,61,67)(H,62,66)/t47-,48+,49+,51+,55+/m0/s1. The highest BCUT2D eigenvalue weighted by Crippen LogP contribution is 2.45. The zero-order valence-electron chi connectivity index (χ0n) is 40.3. The second-order valence-electron chi connectivity index (χ2n) is 18.0. The molecule has 1 aliphatic heterocycles. The summed E-state index contributed by atoms with van der Waals surface area (Å²) in [5.41, 5.74) is 7.12. The van der Waals surface area contributed by atoms with Crippen molar-refractivity contribution in [1.82, 2.24) is 30.2 Å². The molecule has 2 amide bonds. The molecule has 0 unspecified atom stereocenters. The molecule has 1 saturated heterocycles. The Morgan fingerprint density at radius 1 is 0.722 bits per heavy atom. The van der Waals surface area contributed by atoms with Gasteiger partial charge in [0.15, 0.2) is 23.2 Å². The molecule has 0 bridgehead atoms. The number of carbonyl (C=O) groups excluding carboxylic acids is 2. The Morgan fingerprint density at radius 2 is 1.29 bits per heavy atom. The lowest BCUT2D eigenvalue weighted by Crippen LogP contribution is -2.56. The monoisotopic (exact) mass is 965 g/mol. The van der Waals surface area contributed by atoms with E-state index < -0.39 is 48.1 Å². The summed E-state index contributed by atoms with van der Waals surface area (Å²) in [7, 11) is 6.94. The molecular weight excluding hydrogens is 911 g/mol. The molecule has 0 radical (unpaired) electrons. The predicted molar refractivity (Wildman–Crippen MR) is 272 cm³/mol. The van der Waals surface area contributed by atoms with Crippen LogP contribution >= 0.6 is 0 Å². The van der Waals surface area contributed by atoms with E-state index in [0.717, 1.165) is 44.5 Å². The summed E-state index contributed by atoms with van der Waals surface area (Å²) >= 11 is 0. The van der Waals surface area contributed by atoms with E-state index in [9.17, 15) is 14.7 Å². The van der Waals surface area contributed by atoms with Gasteiger partial charge in [-0.05, 0) is 68.8 Å². The predicted octanol–water partition coefficient (Wildman–Crippen LogP) is 7.81. The Morgan fingerprint density at radius 3 is 1.89 bits per heavy atom. The Labute approximate surface area is 417 Å². The number of methoxy groups -OCH3 is 2. The van der Waals surface area contributed by atoms with E-state index >= 15 is 0 Å². The van der Waals surface area contributed by atoms with E-state index in [4.69, 9.17) is 23.7 Å². The molecule has 2 aliphatic rings. The zero-order chi connectivity index (χ0) is 49.8. The minimum absolute atomic E-state index is 0.0549. The fraction of sp³-hybridized carbons (Fsp3) is 0.246. The van der Waals surface area contributed by atoms with Crippen molar-refractivity contribution in [2.75, 3.05) is 46.4 Å². The number of benzene rings is 6. The largest absolute Gasteiger partial charge is 0.497 e. The maximum absolute atomic E-state index is 15.0. The number of rotatable bonds is 17. The van der Waals surface area contributed by atoms with Gasteiger partial charge in [0, 0.05) is 26.4 Å². The summed E-state index contributed by atoms with van der Waals surface area (Å²) in [5, 5.41) is 18.5. The quantitative estimate of drug-likeness (QED) is 0.0758. The molecule has 3 heterocycles. The van der Waals surface area contributed by atoms with Gasteiger partial charge < -0.3 is 44.3 Å². The molecule has 10 rings (SSSR count). The topological polar surface area (TPSA) is 171 Å². The molecule has 72 heavy (non-hydrogen) atoms. The van der Waals surface area contributed by atoms with Crippen molar-refractivity contribution in [1.29, 1.82) is 0 Å². The van der Waals surface area contributed by atoms with Crippen LogP contribution in [0.1, 0.15) is 45.5 Å². The number of hydrogen-bond acceptors (Lipinski definition) is 12. The van der Waals surface area contributed by atoms with Crippen LogP contribution in [0.25, 0.3) is 22.3 Å². The lowest BCUT2D eigenvalue weighted by molar-refractivity contribution is -0.125. The van der Waals surface area contributed by atoms with Gasteiger partial charge in [-0.1, -0.05) is 133 Å². The number of anilines is 1. The number of imidazole rings is 1. The third kappa shape index (κ3) is 9.20. The molecule has 6 aromatic carbocycles. The van der Waals surface area contributed by atoms with Crippen molar-refractivity contribution in [3.8, 4) is 22.6 Å². The van der Waals surface area contributed by atoms with E-state index in [-0.39, 0.29) is 25.6 Å². The van der Waals surface area contributed by atoms with Crippen LogP contribution in [0.5, 0.6) is 11.5 Å². The fourth-order valence-corrected chi connectivity index (χ4v) is 10.0. The van der Waals surface area contributed by atoms with Gasteiger partial charge in [0.1, 0.15) is 48.3 Å². The number of aliphatic hydroxyl groups is 1. The number of carbonyl (C=O) groups is 2. The second-order valence-corrected chi connectivity index (χ2v) is 18.0. The summed E-state index contributed by atoms with van der Waals surface area (Å²) < 4.78 is 32.9. The smallest absolute Gasteiger partial charge is 0.407 e. The van der Waals surface area contributed by atoms with Crippen molar-refractivity contribution >= 4 is 29.0 Å². The van der Waals surface area contributed by atoms with Gasteiger partial charge in [-0.15, -0.1) is 0 Å². The normalized spacial score (nSPS) is 17.7. The first kappa shape index (κ1) is 47.6. The average molecular weight is 966 g/mol. The van der Waals surface area contributed by atoms with Crippen LogP contribution in [0.15, 0.2) is 170 Å². The van der Waals surface area contributed by atoms with Crippen LogP contribution in [0, 0.1) is 0 Å². The molecule has 3 N–H and O–H groups in total. The average Bonchev–Trinajstić information content (AvgIpc) is 4.09. The van der Waals surface area contributed by atoms with Gasteiger partial charge in [-0.3, -0.25) is 9.36 Å². The Bertz CT molecular complexity index is 3060. The van der Waals surface area contributed by atoms with Crippen molar-refractivity contribution in [3.63, 3.8) is 0 Å². The molecule has 15 heteroatoms. The van der Waals surface area contributed by atoms with Crippen LogP contribution in [0.3, 0.4) is 0 Å². The fourth-order valence-electron chi connectivity index (χ4n) is 10.0. The summed E-state index contributed by atoms with van der Waals surface area (Å²) in [6, 6.07) is 48.5. The lowest BCUT2D eigenvalue weighted by atomic mass is 9.80. The SMILES string of the molecule is COc1ccc(C(OC[C@H]2O[C@@H](n3cnc4c(N(C)C)ncnc43)[C@H](O)[C@@H]2NC(=O)[C@H](Cc2ccccc2)NC(=O)OCC2c3ccccc3-c3ccccc32)(c2ccccc2)c2ccc(OC)cc2)cc1. The second kappa shape index (κ2) is 20.7. The Hall–Kier alpha value is -8.11. The number of aliphatic hydroxyl groups excluding tert-OH is 1. The van der Waals surface area contributed by atoms with Crippen molar-refractivity contribution < 1.29 is 38.4 Å². The summed E-state index contributed by atoms with van der Waals surface area (Å²) in [5.74, 6) is 1.14. The Balaban J connectivity index is 0.989. The first-order chi connectivity index (χ1) is 35.2. The molecule has 15 nitrogen and oxygen atoms in total. The number of aromatic nitrogens is 4. The van der Waals surface area contributed by atoms with E-state index in [0.29, 0.717) is 28.5 Å². The molecule has 0 spiro atoms. The van der Waals surface area contributed by atoms with Crippen LogP contribution in [-0.2, 0) is 31.0 Å². The summed E-state index contributed by atoms with van der Waals surface area (Å²) in [6.07, 6.45) is -1.14. The molecule has 1 fully saturated rings. The minimum Gasteiger partial charge on any atom is -0.497 e. The zero-order valence-corrected chi connectivity index (χ0v) is 40.3. The molecule has 1 aliphatic carbocycles. The van der Waals surface area contributed by atoms with Crippen LogP contribution in [0.2, 0.25) is 0 Å². The van der Waals surface area contributed by atoms with E-state index in [1.807, 2.05) is 165 Å². The molecular formula is C57H55N7O8. The first-order valence-electron chi connectivity index (χ1n) is 23.8. The van der Waals surface area contributed by atoms with Gasteiger partial charge in [-0.2, -0.15) is 0 Å². The summed E-state index contributed by atoms with van der Waals surface area (Å²) in [4.78, 5) is 44.4. The number of amides is 2. The summed E-state index contributed by atoms with van der Waals surface area (Å²) in [6.45, 7) is -0.0987. The van der Waals surface area contributed by atoms with Crippen molar-refractivity contribution in [2.24, 2.45) is 0 Å². The first-order valence-corrected chi connectivity index (χ1v) is 23.8. The number of fused-ring (bicyclic) bond motifs is 4. The number of alkyl carbamates (subject to hydrolysis) is 1. The maximum Gasteiger partial charge on any atom is 0.407 e. The van der Waals surface area contributed by atoms with Gasteiger partial charge in [-0.25, -0.2) is 19.7 Å². The number of ether oxygens (including phenoxy) is 5. The minimum atomic E-state index is -1.38. The van der Waals surface area contributed by atoms with E-state index in [1.165, 1.54) is 6.33 Å². The molecule has 8 aromatic rings. The third-order valence-electron chi connectivity index (χ3n) is 13.6. The van der Waals surface area contributed by atoms with Crippen molar-refractivity contribution in [2.45, 2.75) is 48.5 Å². The van der Waals surface area contributed by atoms with Gasteiger partial charge >= 0.3 is 6.09 Å². The van der Waals surface area contributed by atoms with Crippen molar-refractivity contribution in [3.05, 3.63) is 204 Å². The number of nitrogens with one attached hydrogen (secondary N) is 2. The molecule has 2 aromatic heterocycles.